The Bertz CT molecular complexity index is 661. The van der Waals surface area contributed by atoms with Crippen molar-refractivity contribution in [2.75, 3.05) is 0 Å². The Morgan fingerprint density at radius 1 is 1.26 bits per heavy atom. The highest BCUT2D eigenvalue weighted by molar-refractivity contribution is 5.64. The Morgan fingerprint density at radius 2 is 1.91 bits per heavy atom. The van der Waals surface area contributed by atoms with Gasteiger partial charge in [0.25, 0.3) is 0 Å². The number of aliphatic hydroxyl groups is 2. The van der Waals surface area contributed by atoms with E-state index in [1.165, 1.54) is 5.56 Å². The van der Waals surface area contributed by atoms with Gasteiger partial charge in [-0.05, 0) is 71.3 Å². The number of hydrogen-bond acceptors (Lipinski definition) is 3. The standard InChI is InChI=1S/C20H28O3/c1-6-12-11(2)15(21)9-14-13(12)7-8-17-19(3,4)18(23)16(22)10-20(14,17)5/h6,9,16-18,21-23H,1,7-8,10H2,2-5H3/t16-,17-,18-,20+/m1/s1. The summed E-state index contributed by atoms with van der Waals surface area (Å²) in [5.74, 6) is 0.555. The van der Waals surface area contributed by atoms with Gasteiger partial charge in [-0.1, -0.05) is 33.4 Å². The Hall–Kier alpha value is -1.32. The molecule has 3 rings (SSSR count). The Labute approximate surface area is 138 Å². The van der Waals surface area contributed by atoms with Gasteiger partial charge in [-0.2, -0.15) is 0 Å². The molecule has 0 aliphatic heterocycles. The van der Waals surface area contributed by atoms with Crippen molar-refractivity contribution in [2.45, 2.75) is 64.6 Å². The van der Waals surface area contributed by atoms with Crippen LogP contribution in [0.5, 0.6) is 5.75 Å². The number of phenols is 1. The average molecular weight is 316 g/mol. The summed E-state index contributed by atoms with van der Waals surface area (Å²) in [4.78, 5) is 0. The van der Waals surface area contributed by atoms with Crippen LogP contribution in [0.4, 0.5) is 0 Å². The molecule has 4 atom stereocenters. The molecule has 0 saturated heterocycles. The summed E-state index contributed by atoms with van der Waals surface area (Å²) in [7, 11) is 0. The fourth-order valence-corrected chi connectivity index (χ4v) is 5.38. The van der Waals surface area contributed by atoms with Crippen LogP contribution in [0, 0.1) is 18.3 Å². The molecule has 2 aliphatic carbocycles. The van der Waals surface area contributed by atoms with Crippen LogP contribution in [-0.2, 0) is 11.8 Å². The smallest absolute Gasteiger partial charge is 0.119 e. The SMILES string of the molecule is C=Cc1c(C)c(O)cc2c1CC[C@@H]1C(C)(C)[C@H](O)[C@H](O)C[C@@]21C. The van der Waals surface area contributed by atoms with Gasteiger partial charge in [0.1, 0.15) is 5.75 Å². The highest BCUT2D eigenvalue weighted by Crippen LogP contribution is 2.58. The third-order valence-electron chi connectivity index (χ3n) is 6.65. The number of fused-ring (bicyclic) bond motifs is 3. The van der Waals surface area contributed by atoms with Crippen molar-refractivity contribution < 1.29 is 15.3 Å². The number of rotatable bonds is 1. The highest BCUT2D eigenvalue weighted by Gasteiger charge is 2.56. The van der Waals surface area contributed by atoms with Gasteiger partial charge >= 0.3 is 0 Å². The first-order valence-electron chi connectivity index (χ1n) is 8.49. The van der Waals surface area contributed by atoms with Gasteiger partial charge in [0.05, 0.1) is 12.2 Å². The normalized spacial score (nSPS) is 35.3. The van der Waals surface area contributed by atoms with E-state index in [1.807, 2.05) is 19.1 Å². The first-order chi connectivity index (χ1) is 10.6. The number of aromatic hydroxyl groups is 1. The zero-order valence-electron chi connectivity index (χ0n) is 14.6. The van der Waals surface area contributed by atoms with Crippen molar-refractivity contribution in [1.82, 2.24) is 0 Å². The lowest BCUT2D eigenvalue weighted by Gasteiger charge is -2.57. The Balaban J connectivity index is 2.24. The third-order valence-corrected chi connectivity index (χ3v) is 6.65. The predicted molar refractivity (Wildman–Crippen MR) is 92.5 cm³/mol. The van der Waals surface area contributed by atoms with Crippen molar-refractivity contribution in [1.29, 1.82) is 0 Å². The molecule has 3 N–H and O–H groups in total. The molecule has 0 amide bonds. The van der Waals surface area contributed by atoms with Crippen LogP contribution in [0.25, 0.3) is 6.08 Å². The number of phenolic OH excluding ortho intramolecular Hbond substituents is 1. The molecular weight excluding hydrogens is 288 g/mol. The second kappa shape index (κ2) is 5.09. The van der Waals surface area contributed by atoms with Crippen molar-refractivity contribution in [2.24, 2.45) is 11.3 Å². The molecule has 1 saturated carbocycles. The zero-order chi connectivity index (χ0) is 17.2. The lowest BCUT2D eigenvalue weighted by molar-refractivity contribution is -0.142. The molecule has 23 heavy (non-hydrogen) atoms. The maximum Gasteiger partial charge on any atom is 0.119 e. The maximum absolute atomic E-state index is 10.5. The molecule has 0 unspecified atom stereocenters. The second-order valence-electron chi connectivity index (χ2n) is 8.21. The molecule has 0 radical (unpaired) electrons. The molecule has 1 aromatic carbocycles. The monoisotopic (exact) mass is 316 g/mol. The molecule has 0 aromatic heterocycles. The van der Waals surface area contributed by atoms with E-state index in [1.54, 1.807) is 0 Å². The molecular formula is C20H28O3. The van der Waals surface area contributed by atoms with Crippen LogP contribution in [0.1, 0.15) is 55.9 Å². The fraction of sp³-hybridized carbons (Fsp3) is 0.600. The number of aliphatic hydroxyl groups excluding tert-OH is 2. The minimum Gasteiger partial charge on any atom is -0.508 e. The fourth-order valence-electron chi connectivity index (χ4n) is 5.38. The van der Waals surface area contributed by atoms with E-state index in [4.69, 9.17) is 0 Å². The maximum atomic E-state index is 10.5. The van der Waals surface area contributed by atoms with Crippen LogP contribution >= 0.6 is 0 Å². The predicted octanol–water partition coefficient (Wildman–Crippen LogP) is 3.32. The van der Waals surface area contributed by atoms with E-state index >= 15 is 0 Å². The van der Waals surface area contributed by atoms with E-state index in [-0.39, 0.29) is 16.7 Å². The van der Waals surface area contributed by atoms with E-state index in [2.05, 4.69) is 27.4 Å². The van der Waals surface area contributed by atoms with E-state index in [9.17, 15) is 15.3 Å². The van der Waals surface area contributed by atoms with Gasteiger partial charge in [0, 0.05) is 0 Å². The molecule has 0 bridgehead atoms. The number of hydrogen-bond donors (Lipinski definition) is 3. The number of benzene rings is 1. The van der Waals surface area contributed by atoms with E-state index in [0.29, 0.717) is 12.2 Å². The topological polar surface area (TPSA) is 60.7 Å². The van der Waals surface area contributed by atoms with Crippen molar-refractivity contribution in [3.8, 4) is 5.75 Å². The molecule has 1 fully saturated rings. The lowest BCUT2D eigenvalue weighted by atomic mass is 9.48. The van der Waals surface area contributed by atoms with E-state index in [0.717, 1.165) is 29.5 Å². The third kappa shape index (κ3) is 2.10. The van der Waals surface area contributed by atoms with E-state index < -0.39 is 12.2 Å². The van der Waals surface area contributed by atoms with Crippen molar-refractivity contribution in [3.05, 3.63) is 34.9 Å². The lowest BCUT2D eigenvalue weighted by Crippen LogP contribution is -2.59. The molecule has 3 heteroatoms. The van der Waals surface area contributed by atoms with Crippen molar-refractivity contribution in [3.63, 3.8) is 0 Å². The molecule has 2 aliphatic rings. The van der Waals surface area contributed by atoms with Gasteiger partial charge < -0.3 is 15.3 Å². The summed E-state index contributed by atoms with van der Waals surface area (Å²) in [6, 6.07) is 1.88. The summed E-state index contributed by atoms with van der Waals surface area (Å²) in [5, 5.41) is 31.3. The van der Waals surface area contributed by atoms with Gasteiger partial charge in [-0.3, -0.25) is 0 Å². The molecule has 1 aromatic rings. The van der Waals surface area contributed by atoms with Gasteiger partial charge in [0.15, 0.2) is 0 Å². The summed E-state index contributed by atoms with van der Waals surface area (Å²) in [5.41, 5.74) is 3.64. The largest absolute Gasteiger partial charge is 0.508 e. The molecule has 0 heterocycles. The van der Waals surface area contributed by atoms with Crippen LogP contribution in [0.3, 0.4) is 0 Å². The molecule has 126 valence electrons. The Kier molecular flexibility index (Phi) is 3.66. The zero-order valence-corrected chi connectivity index (χ0v) is 14.6. The van der Waals surface area contributed by atoms with Gasteiger partial charge in [0.2, 0.25) is 0 Å². The quantitative estimate of drug-likeness (QED) is 0.745. The molecule has 3 nitrogen and oxygen atoms in total. The van der Waals surface area contributed by atoms with Crippen LogP contribution in [-0.4, -0.2) is 27.5 Å². The van der Waals surface area contributed by atoms with Gasteiger partial charge in [-0.15, -0.1) is 0 Å². The average Bonchev–Trinajstić information content (AvgIpc) is 2.47. The second-order valence-corrected chi connectivity index (χ2v) is 8.21. The highest BCUT2D eigenvalue weighted by atomic mass is 16.3. The van der Waals surface area contributed by atoms with Crippen LogP contribution in [0.15, 0.2) is 12.6 Å². The molecule has 0 spiro atoms. The minimum atomic E-state index is -0.743. The first-order valence-corrected chi connectivity index (χ1v) is 8.49. The summed E-state index contributed by atoms with van der Waals surface area (Å²) in [6.45, 7) is 12.1. The first kappa shape index (κ1) is 16.5. The Morgan fingerprint density at radius 3 is 2.52 bits per heavy atom. The summed E-state index contributed by atoms with van der Waals surface area (Å²) < 4.78 is 0. The van der Waals surface area contributed by atoms with Crippen molar-refractivity contribution >= 4 is 6.08 Å². The summed E-state index contributed by atoms with van der Waals surface area (Å²) in [6.07, 6.45) is 2.80. The summed E-state index contributed by atoms with van der Waals surface area (Å²) >= 11 is 0. The van der Waals surface area contributed by atoms with Crippen LogP contribution < -0.4 is 0 Å². The van der Waals surface area contributed by atoms with Gasteiger partial charge in [-0.25, -0.2) is 0 Å². The van der Waals surface area contributed by atoms with Crippen LogP contribution in [0.2, 0.25) is 0 Å². The minimum absolute atomic E-state index is 0.251.